The largest absolute Gasteiger partial charge is 0.338 e. The van der Waals surface area contributed by atoms with Crippen molar-refractivity contribution >= 4 is 34.7 Å². The number of hydrogen-bond acceptors (Lipinski definition) is 3. The Morgan fingerprint density at radius 2 is 1.65 bits per heavy atom. The van der Waals surface area contributed by atoms with Crippen LogP contribution in [0.2, 0.25) is 10.0 Å². The Morgan fingerprint density at radius 3 is 2.24 bits per heavy atom. The number of halogens is 4. The van der Waals surface area contributed by atoms with Gasteiger partial charge in [0.05, 0.1) is 15.7 Å². The van der Waals surface area contributed by atoms with Gasteiger partial charge in [-0.2, -0.15) is 4.39 Å². The van der Waals surface area contributed by atoms with Gasteiger partial charge in [-0.25, -0.2) is 14.4 Å². The molecule has 0 radical (unpaired) electrons. The van der Waals surface area contributed by atoms with E-state index >= 15 is 0 Å². The van der Waals surface area contributed by atoms with Crippen molar-refractivity contribution < 1.29 is 8.78 Å². The predicted octanol–water partition coefficient (Wildman–Crippen LogP) is 3.81. The van der Waals surface area contributed by atoms with Crippen molar-refractivity contribution in [3.05, 3.63) is 46.3 Å². The third kappa shape index (κ3) is 2.81. The zero-order chi connectivity index (χ0) is 12.4. The first-order valence-corrected chi connectivity index (χ1v) is 5.21. The van der Waals surface area contributed by atoms with Gasteiger partial charge in [0.2, 0.25) is 5.95 Å². The molecule has 3 nitrogen and oxygen atoms in total. The first-order valence-electron chi connectivity index (χ1n) is 4.45. The van der Waals surface area contributed by atoms with Crippen LogP contribution in [-0.4, -0.2) is 9.97 Å². The van der Waals surface area contributed by atoms with Gasteiger partial charge in [0.1, 0.15) is 18.0 Å². The van der Waals surface area contributed by atoms with Gasteiger partial charge in [-0.3, -0.25) is 0 Å². The van der Waals surface area contributed by atoms with Gasteiger partial charge in [-0.05, 0) is 12.1 Å². The molecular formula is C10H5Cl2F2N3. The summed E-state index contributed by atoms with van der Waals surface area (Å²) in [4.78, 5) is 7.06. The van der Waals surface area contributed by atoms with E-state index in [0.29, 0.717) is 0 Å². The second-order valence-electron chi connectivity index (χ2n) is 3.10. The van der Waals surface area contributed by atoms with Gasteiger partial charge < -0.3 is 5.32 Å². The first-order chi connectivity index (χ1) is 8.06. The third-order valence-electron chi connectivity index (χ3n) is 1.89. The molecule has 1 aromatic carbocycles. The van der Waals surface area contributed by atoms with Crippen molar-refractivity contribution in [1.29, 1.82) is 0 Å². The molecule has 0 unspecified atom stereocenters. The molecule has 2 aromatic rings. The minimum atomic E-state index is -0.697. The van der Waals surface area contributed by atoms with Crippen LogP contribution in [-0.2, 0) is 0 Å². The van der Waals surface area contributed by atoms with E-state index in [9.17, 15) is 8.78 Å². The molecule has 0 saturated carbocycles. The number of benzene rings is 1. The Hall–Kier alpha value is -1.46. The lowest BCUT2D eigenvalue weighted by molar-refractivity contribution is 0.580. The van der Waals surface area contributed by atoms with Crippen molar-refractivity contribution in [2.45, 2.75) is 0 Å². The van der Waals surface area contributed by atoms with Crippen molar-refractivity contribution in [3.8, 4) is 0 Å². The molecule has 0 bridgehead atoms. The van der Waals surface area contributed by atoms with Gasteiger partial charge >= 0.3 is 0 Å². The van der Waals surface area contributed by atoms with Crippen LogP contribution in [0.5, 0.6) is 0 Å². The van der Waals surface area contributed by atoms with E-state index in [1.165, 1.54) is 0 Å². The third-order valence-corrected chi connectivity index (χ3v) is 2.49. The molecule has 0 aliphatic heterocycles. The summed E-state index contributed by atoms with van der Waals surface area (Å²) in [6.07, 6.45) is 1.04. The topological polar surface area (TPSA) is 37.8 Å². The summed E-state index contributed by atoms with van der Waals surface area (Å²) in [6.45, 7) is 0. The van der Waals surface area contributed by atoms with Crippen molar-refractivity contribution in [2.75, 3.05) is 5.32 Å². The minimum Gasteiger partial charge on any atom is -0.338 e. The molecular weight excluding hydrogens is 271 g/mol. The van der Waals surface area contributed by atoms with Crippen LogP contribution in [0, 0.1) is 11.8 Å². The van der Waals surface area contributed by atoms with Crippen LogP contribution >= 0.6 is 23.2 Å². The maximum absolute atomic E-state index is 12.9. The normalized spacial score (nSPS) is 10.4. The van der Waals surface area contributed by atoms with E-state index in [1.54, 1.807) is 0 Å². The average Bonchev–Trinajstić information content (AvgIpc) is 2.23. The zero-order valence-corrected chi connectivity index (χ0v) is 9.73. The fraction of sp³-hybridized carbons (Fsp3) is 0. The lowest BCUT2D eigenvalue weighted by Crippen LogP contribution is -1.97. The standard InChI is InChI=1S/C10H5Cl2F2N3/c11-6-1-5(13)2-7(12)10(6)17-9-3-8(14)15-4-16-9/h1-4H,(H,15,16,17). The summed E-state index contributed by atoms with van der Waals surface area (Å²) in [5, 5.41) is 2.84. The molecule has 1 heterocycles. The number of anilines is 2. The zero-order valence-electron chi connectivity index (χ0n) is 8.22. The second kappa shape index (κ2) is 4.81. The van der Waals surface area contributed by atoms with Gasteiger partial charge in [0.25, 0.3) is 0 Å². The molecule has 2 rings (SSSR count). The molecule has 0 fully saturated rings. The summed E-state index contributed by atoms with van der Waals surface area (Å²) in [5.74, 6) is -1.08. The van der Waals surface area contributed by atoms with E-state index in [4.69, 9.17) is 23.2 Å². The second-order valence-corrected chi connectivity index (χ2v) is 3.91. The molecule has 0 spiro atoms. The Bertz CT molecular complexity index is 540. The molecule has 88 valence electrons. The number of rotatable bonds is 2. The molecule has 0 saturated heterocycles. The predicted molar refractivity (Wildman–Crippen MR) is 61.7 cm³/mol. The number of nitrogens with zero attached hydrogens (tertiary/aromatic N) is 2. The highest BCUT2D eigenvalue weighted by Crippen LogP contribution is 2.33. The van der Waals surface area contributed by atoms with Crippen molar-refractivity contribution in [1.82, 2.24) is 9.97 Å². The van der Waals surface area contributed by atoms with E-state index < -0.39 is 11.8 Å². The molecule has 0 atom stereocenters. The summed E-state index contributed by atoms with van der Waals surface area (Å²) in [6, 6.07) is 3.25. The highest BCUT2D eigenvalue weighted by molar-refractivity contribution is 6.39. The summed E-state index contributed by atoms with van der Waals surface area (Å²) >= 11 is 11.6. The van der Waals surface area contributed by atoms with Crippen molar-refractivity contribution in [2.24, 2.45) is 0 Å². The lowest BCUT2D eigenvalue weighted by atomic mass is 10.3. The van der Waals surface area contributed by atoms with Gasteiger partial charge in [-0.15, -0.1) is 0 Å². The van der Waals surface area contributed by atoms with Gasteiger partial charge in [-0.1, -0.05) is 23.2 Å². The number of aromatic nitrogens is 2. The average molecular weight is 276 g/mol. The Morgan fingerprint density at radius 1 is 1.00 bits per heavy atom. The Balaban J connectivity index is 2.36. The fourth-order valence-corrected chi connectivity index (χ4v) is 1.75. The van der Waals surface area contributed by atoms with Crippen LogP contribution in [0.3, 0.4) is 0 Å². The van der Waals surface area contributed by atoms with Gasteiger partial charge in [0, 0.05) is 6.07 Å². The first kappa shape index (κ1) is 12.0. The number of hydrogen-bond donors (Lipinski definition) is 1. The monoisotopic (exact) mass is 275 g/mol. The van der Waals surface area contributed by atoms with Crippen molar-refractivity contribution in [3.63, 3.8) is 0 Å². The molecule has 0 amide bonds. The molecule has 17 heavy (non-hydrogen) atoms. The molecule has 0 aliphatic rings. The molecule has 7 heteroatoms. The smallest absolute Gasteiger partial charge is 0.218 e. The van der Waals surface area contributed by atoms with Crippen LogP contribution in [0.15, 0.2) is 24.5 Å². The van der Waals surface area contributed by atoms with Gasteiger partial charge in [0.15, 0.2) is 0 Å². The fourth-order valence-electron chi connectivity index (χ4n) is 1.19. The highest BCUT2D eigenvalue weighted by Gasteiger charge is 2.09. The molecule has 1 aromatic heterocycles. The van der Waals surface area contributed by atoms with E-state index in [0.717, 1.165) is 24.5 Å². The van der Waals surface area contributed by atoms with Crippen LogP contribution < -0.4 is 5.32 Å². The van der Waals surface area contributed by atoms with Crippen LogP contribution in [0.1, 0.15) is 0 Å². The summed E-state index contributed by atoms with van der Waals surface area (Å²) in [7, 11) is 0. The SMILES string of the molecule is Fc1cc(Cl)c(Nc2cc(F)ncn2)c(Cl)c1. The maximum Gasteiger partial charge on any atom is 0.218 e. The van der Waals surface area contributed by atoms with E-state index in [2.05, 4.69) is 15.3 Å². The highest BCUT2D eigenvalue weighted by atomic mass is 35.5. The maximum atomic E-state index is 12.9. The van der Waals surface area contributed by atoms with Crippen LogP contribution in [0.25, 0.3) is 0 Å². The van der Waals surface area contributed by atoms with E-state index in [1.807, 2.05) is 0 Å². The van der Waals surface area contributed by atoms with Crippen LogP contribution in [0.4, 0.5) is 20.3 Å². The summed E-state index contributed by atoms with van der Waals surface area (Å²) < 4.78 is 25.7. The quantitative estimate of drug-likeness (QED) is 0.847. The Labute approximate surface area is 105 Å². The lowest BCUT2D eigenvalue weighted by Gasteiger charge is -2.09. The molecule has 0 aliphatic carbocycles. The van der Waals surface area contributed by atoms with E-state index in [-0.39, 0.29) is 21.6 Å². The Kier molecular flexibility index (Phi) is 3.40. The summed E-state index contributed by atoms with van der Waals surface area (Å²) in [5.41, 5.74) is 0.257. The molecule has 1 N–H and O–H groups in total. The number of nitrogens with one attached hydrogen (secondary N) is 1. The minimum absolute atomic E-state index is 0.0778.